The number of likely N-dealkylation sites (tertiary alicyclic amines) is 1. The Hall–Kier alpha value is -2.08. The van der Waals surface area contributed by atoms with E-state index < -0.39 is 5.60 Å². The summed E-state index contributed by atoms with van der Waals surface area (Å²) in [4.78, 5) is 18.6. The lowest BCUT2D eigenvalue weighted by atomic mass is 9.96. The van der Waals surface area contributed by atoms with Crippen LogP contribution >= 0.6 is 11.6 Å². The van der Waals surface area contributed by atoms with Crippen LogP contribution in [0, 0.1) is 0 Å². The van der Waals surface area contributed by atoms with Crippen LogP contribution < -0.4 is 0 Å². The van der Waals surface area contributed by atoms with Gasteiger partial charge in [-0.15, -0.1) is 0 Å². The summed E-state index contributed by atoms with van der Waals surface area (Å²) in [6.07, 6.45) is 2.14. The fourth-order valence-electron chi connectivity index (χ4n) is 3.02. The predicted molar refractivity (Wildman–Crippen MR) is 100 cm³/mol. The van der Waals surface area contributed by atoms with Crippen LogP contribution in [0.25, 0.3) is 0 Å². The third kappa shape index (κ3) is 4.97. The van der Waals surface area contributed by atoms with Gasteiger partial charge < -0.3 is 9.64 Å². The quantitative estimate of drug-likeness (QED) is 0.872. The van der Waals surface area contributed by atoms with Crippen LogP contribution in [0.15, 0.2) is 24.3 Å². The van der Waals surface area contributed by atoms with Crippen molar-refractivity contribution in [2.45, 2.75) is 51.6 Å². The van der Waals surface area contributed by atoms with E-state index in [0.29, 0.717) is 25.4 Å². The number of hydrogen-bond acceptors (Lipinski definition) is 4. The second-order valence-electron chi connectivity index (χ2n) is 7.68. The number of benzene rings is 1. The van der Waals surface area contributed by atoms with Crippen molar-refractivity contribution in [1.82, 2.24) is 20.1 Å². The number of rotatable bonds is 3. The van der Waals surface area contributed by atoms with Crippen molar-refractivity contribution in [3.63, 3.8) is 0 Å². The second kappa shape index (κ2) is 7.66. The molecule has 0 saturated carbocycles. The van der Waals surface area contributed by atoms with Gasteiger partial charge in [-0.05, 0) is 51.3 Å². The van der Waals surface area contributed by atoms with Gasteiger partial charge in [0.15, 0.2) is 5.82 Å². The first-order valence-electron chi connectivity index (χ1n) is 8.94. The fourth-order valence-corrected chi connectivity index (χ4v) is 3.15. The lowest BCUT2D eigenvalue weighted by Gasteiger charge is -2.32. The number of halogens is 1. The van der Waals surface area contributed by atoms with E-state index in [1.807, 2.05) is 45.0 Å². The van der Waals surface area contributed by atoms with Gasteiger partial charge in [-0.25, -0.2) is 9.78 Å². The Bertz CT molecular complexity index is 744. The topological polar surface area (TPSA) is 71.1 Å². The highest BCUT2D eigenvalue weighted by atomic mass is 35.5. The molecule has 2 heterocycles. The molecule has 1 fully saturated rings. The molecule has 140 valence electrons. The van der Waals surface area contributed by atoms with Gasteiger partial charge >= 0.3 is 6.09 Å². The molecule has 0 unspecified atom stereocenters. The van der Waals surface area contributed by atoms with Gasteiger partial charge in [-0.2, -0.15) is 5.10 Å². The lowest BCUT2D eigenvalue weighted by molar-refractivity contribution is 0.0203. The minimum Gasteiger partial charge on any atom is -0.444 e. The molecule has 0 atom stereocenters. The van der Waals surface area contributed by atoms with Crippen LogP contribution in [0.3, 0.4) is 0 Å². The number of ether oxygens (including phenoxy) is 1. The van der Waals surface area contributed by atoms with E-state index in [4.69, 9.17) is 16.3 Å². The molecule has 0 radical (unpaired) electrons. The number of amides is 1. The van der Waals surface area contributed by atoms with E-state index in [1.54, 1.807) is 4.90 Å². The zero-order valence-electron chi connectivity index (χ0n) is 15.5. The standard InChI is InChI=1S/C19H25ClN4O2/c1-19(2,3)26-18(25)24-10-8-14(9-11-24)17-21-16(22-23-17)12-13-4-6-15(20)7-5-13/h4-7,14H,8-12H2,1-3H3,(H,21,22,23). The molecule has 6 nitrogen and oxygen atoms in total. The normalized spacial score (nSPS) is 15.9. The Morgan fingerprint density at radius 2 is 1.92 bits per heavy atom. The molecule has 1 aliphatic heterocycles. The molecule has 3 rings (SSSR count). The zero-order chi connectivity index (χ0) is 18.7. The van der Waals surface area contributed by atoms with Crippen molar-refractivity contribution >= 4 is 17.7 Å². The number of H-pyrrole nitrogens is 1. The number of carbonyl (C=O) groups is 1. The largest absolute Gasteiger partial charge is 0.444 e. The molecular formula is C19H25ClN4O2. The van der Waals surface area contributed by atoms with Crippen molar-refractivity contribution in [1.29, 1.82) is 0 Å². The number of aromatic nitrogens is 3. The van der Waals surface area contributed by atoms with Crippen LogP contribution in [-0.4, -0.2) is 44.9 Å². The zero-order valence-corrected chi connectivity index (χ0v) is 16.2. The minimum absolute atomic E-state index is 0.239. The average molecular weight is 377 g/mol. The summed E-state index contributed by atoms with van der Waals surface area (Å²) in [6.45, 7) is 7.00. The summed E-state index contributed by atoms with van der Waals surface area (Å²) in [5.41, 5.74) is 0.662. The van der Waals surface area contributed by atoms with Gasteiger partial charge in [0.2, 0.25) is 0 Å². The van der Waals surface area contributed by atoms with Crippen molar-refractivity contribution in [2.75, 3.05) is 13.1 Å². The molecule has 0 aliphatic carbocycles. The first-order chi connectivity index (χ1) is 12.3. The van der Waals surface area contributed by atoms with Crippen molar-refractivity contribution in [2.24, 2.45) is 0 Å². The van der Waals surface area contributed by atoms with Crippen molar-refractivity contribution < 1.29 is 9.53 Å². The Labute approximate surface area is 158 Å². The molecule has 1 saturated heterocycles. The molecule has 0 bridgehead atoms. The van der Waals surface area contributed by atoms with E-state index >= 15 is 0 Å². The van der Waals surface area contributed by atoms with Gasteiger partial charge in [-0.1, -0.05) is 23.7 Å². The van der Waals surface area contributed by atoms with Crippen LogP contribution in [0.1, 0.15) is 56.7 Å². The van der Waals surface area contributed by atoms with Crippen LogP contribution in [0.4, 0.5) is 4.79 Å². The molecule has 1 N–H and O–H groups in total. The molecule has 1 aromatic carbocycles. The molecule has 26 heavy (non-hydrogen) atoms. The van der Waals surface area contributed by atoms with Crippen LogP contribution in [0.2, 0.25) is 5.02 Å². The number of piperidine rings is 1. The van der Waals surface area contributed by atoms with Gasteiger partial charge in [0.05, 0.1) is 0 Å². The molecule has 0 spiro atoms. The average Bonchev–Trinajstić information content (AvgIpc) is 3.04. The van der Waals surface area contributed by atoms with E-state index in [2.05, 4.69) is 15.2 Å². The highest BCUT2D eigenvalue weighted by molar-refractivity contribution is 6.30. The van der Waals surface area contributed by atoms with Gasteiger partial charge in [0, 0.05) is 30.5 Å². The predicted octanol–water partition coefficient (Wildman–Crippen LogP) is 4.16. The molecule has 7 heteroatoms. The first kappa shape index (κ1) is 18.7. The monoisotopic (exact) mass is 376 g/mol. The van der Waals surface area contributed by atoms with Crippen LogP contribution in [-0.2, 0) is 11.2 Å². The number of nitrogens with one attached hydrogen (secondary N) is 1. The maximum atomic E-state index is 12.1. The first-order valence-corrected chi connectivity index (χ1v) is 9.31. The summed E-state index contributed by atoms with van der Waals surface area (Å²) < 4.78 is 5.44. The number of aromatic amines is 1. The van der Waals surface area contributed by atoms with Crippen molar-refractivity contribution in [3.05, 3.63) is 46.5 Å². The van der Waals surface area contributed by atoms with E-state index in [9.17, 15) is 4.79 Å². The number of nitrogens with zero attached hydrogens (tertiary/aromatic N) is 3. The van der Waals surface area contributed by atoms with E-state index in [1.165, 1.54) is 0 Å². The summed E-state index contributed by atoms with van der Waals surface area (Å²) in [7, 11) is 0. The van der Waals surface area contributed by atoms with Gasteiger partial charge in [0.25, 0.3) is 0 Å². The Morgan fingerprint density at radius 1 is 1.27 bits per heavy atom. The molecule has 2 aromatic rings. The summed E-state index contributed by atoms with van der Waals surface area (Å²) in [5, 5.41) is 8.13. The highest BCUT2D eigenvalue weighted by Crippen LogP contribution is 2.26. The molecule has 1 aliphatic rings. The van der Waals surface area contributed by atoms with Gasteiger partial charge in [0.1, 0.15) is 11.4 Å². The molecular weight excluding hydrogens is 352 g/mol. The second-order valence-corrected chi connectivity index (χ2v) is 8.12. The smallest absolute Gasteiger partial charge is 0.410 e. The Morgan fingerprint density at radius 3 is 2.54 bits per heavy atom. The number of hydrogen-bond donors (Lipinski definition) is 1. The summed E-state index contributed by atoms with van der Waals surface area (Å²) in [5.74, 6) is 1.97. The Kier molecular flexibility index (Phi) is 5.51. The lowest BCUT2D eigenvalue weighted by Crippen LogP contribution is -2.41. The van der Waals surface area contributed by atoms with E-state index in [0.717, 1.165) is 35.1 Å². The third-order valence-corrected chi connectivity index (χ3v) is 4.61. The van der Waals surface area contributed by atoms with Gasteiger partial charge in [-0.3, -0.25) is 5.10 Å². The van der Waals surface area contributed by atoms with E-state index in [-0.39, 0.29) is 6.09 Å². The minimum atomic E-state index is -0.463. The summed E-state index contributed by atoms with van der Waals surface area (Å²) >= 11 is 5.92. The third-order valence-electron chi connectivity index (χ3n) is 4.36. The number of carbonyl (C=O) groups excluding carboxylic acids is 1. The molecule has 1 aromatic heterocycles. The van der Waals surface area contributed by atoms with Crippen molar-refractivity contribution in [3.8, 4) is 0 Å². The SMILES string of the molecule is CC(C)(C)OC(=O)N1CCC(c2nc(Cc3ccc(Cl)cc3)n[nH]2)CC1. The summed E-state index contributed by atoms with van der Waals surface area (Å²) in [6, 6.07) is 7.71. The molecule has 1 amide bonds. The fraction of sp³-hybridized carbons (Fsp3) is 0.526. The Balaban J connectivity index is 1.54. The maximum absolute atomic E-state index is 12.1. The maximum Gasteiger partial charge on any atom is 0.410 e. The van der Waals surface area contributed by atoms with Crippen LogP contribution in [0.5, 0.6) is 0 Å². The highest BCUT2D eigenvalue weighted by Gasteiger charge is 2.28.